The Balaban J connectivity index is 4.05. The van der Waals surface area contributed by atoms with Crippen molar-refractivity contribution in [1.29, 1.82) is 0 Å². The zero-order valence-electron chi connectivity index (χ0n) is 8.91. The summed E-state index contributed by atoms with van der Waals surface area (Å²) >= 11 is -1.51. The van der Waals surface area contributed by atoms with Crippen LogP contribution in [0.3, 0.4) is 0 Å². The van der Waals surface area contributed by atoms with Gasteiger partial charge in [-0.25, -0.2) is 0 Å². The Morgan fingerprint density at radius 3 is 1.36 bits per heavy atom. The van der Waals surface area contributed by atoms with Crippen LogP contribution in [0.25, 0.3) is 0 Å². The van der Waals surface area contributed by atoms with E-state index in [0.717, 1.165) is 5.92 Å². The summed E-state index contributed by atoms with van der Waals surface area (Å²) in [6.07, 6.45) is 0. The molecule has 0 N–H and O–H groups in total. The Bertz CT molecular complexity index is 84.8. The van der Waals surface area contributed by atoms with Crippen LogP contribution in [0.2, 0.25) is 17.7 Å². The molecule has 0 atom stereocenters. The van der Waals surface area contributed by atoms with Crippen LogP contribution in [-0.4, -0.2) is 18.4 Å². The molecule has 0 rings (SSSR count). The van der Waals surface area contributed by atoms with E-state index >= 15 is 0 Å². The molecule has 68 valence electrons. The summed E-state index contributed by atoms with van der Waals surface area (Å²) < 4.78 is 6.28. The van der Waals surface area contributed by atoms with Crippen molar-refractivity contribution in [3.63, 3.8) is 0 Å². The SMILES string of the molecule is C[CH2][Sn]([CH2]C)([CH2]C)[CH2]C(C)C. The van der Waals surface area contributed by atoms with Crippen molar-refractivity contribution in [1.82, 2.24) is 0 Å². The summed E-state index contributed by atoms with van der Waals surface area (Å²) in [5.41, 5.74) is 0. The van der Waals surface area contributed by atoms with E-state index in [4.69, 9.17) is 0 Å². The van der Waals surface area contributed by atoms with Crippen LogP contribution in [0.15, 0.2) is 0 Å². The van der Waals surface area contributed by atoms with E-state index in [0.29, 0.717) is 0 Å². The monoisotopic (exact) mass is 264 g/mol. The third-order valence-corrected chi connectivity index (χ3v) is 20.7. The van der Waals surface area contributed by atoms with Crippen LogP contribution in [0.5, 0.6) is 0 Å². The Morgan fingerprint density at radius 1 is 0.909 bits per heavy atom. The molecule has 0 aromatic rings. The molecule has 0 bridgehead atoms. The Labute approximate surface area is 76.6 Å². The molecule has 0 saturated heterocycles. The van der Waals surface area contributed by atoms with Crippen molar-refractivity contribution in [2.24, 2.45) is 5.92 Å². The van der Waals surface area contributed by atoms with Gasteiger partial charge in [0.15, 0.2) is 0 Å². The average molecular weight is 263 g/mol. The van der Waals surface area contributed by atoms with Crippen molar-refractivity contribution in [2.75, 3.05) is 0 Å². The van der Waals surface area contributed by atoms with Crippen molar-refractivity contribution < 1.29 is 0 Å². The number of rotatable bonds is 5. The predicted molar refractivity (Wildman–Crippen MR) is 56.8 cm³/mol. The summed E-state index contributed by atoms with van der Waals surface area (Å²) in [5, 5.41) is 0. The van der Waals surface area contributed by atoms with Crippen LogP contribution >= 0.6 is 0 Å². The van der Waals surface area contributed by atoms with Crippen LogP contribution in [0.1, 0.15) is 34.6 Å². The van der Waals surface area contributed by atoms with Gasteiger partial charge >= 0.3 is 76.7 Å². The molecule has 0 fully saturated rings. The third kappa shape index (κ3) is 3.82. The van der Waals surface area contributed by atoms with Crippen LogP contribution < -0.4 is 0 Å². The molecule has 0 spiro atoms. The molecule has 0 amide bonds. The van der Waals surface area contributed by atoms with E-state index in [1.165, 1.54) is 0 Å². The number of hydrogen-bond donors (Lipinski definition) is 0. The summed E-state index contributed by atoms with van der Waals surface area (Å²) in [7, 11) is 0. The van der Waals surface area contributed by atoms with Gasteiger partial charge in [-0.3, -0.25) is 0 Å². The second-order valence-electron chi connectivity index (χ2n) is 4.16. The predicted octanol–water partition coefficient (Wildman–Crippen LogP) is 4.15. The molecule has 0 aliphatic rings. The first-order valence-electron chi connectivity index (χ1n) is 5.10. The fourth-order valence-corrected chi connectivity index (χ4v) is 13.7. The minimum absolute atomic E-state index is 0.950. The molecular weight excluding hydrogens is 239 g/mol. The van der Waals surface area contributed by atoms with Gasteiger partial charge in [0.25, 0.3) is 0 Å². The second-order valence-corrected chi connectivity index (χ2v) is 19.9. The summed E-state index contributed by atoms with van der Waals surface area (Å²) in [6, 6.07) is 0. The van der Waals surface area contributed by atoms with Crippen LogP contribution in [-0.2, 0) is 0 Å². The van der Waals surface area contributed by atoms with E-state index in [9.17, 15) is 0 Å². The van der Waals surface area contributed by atoms with Gasteiger partial charge < -0.3 is 0 Å². The van der Waals surface area contributed by atoms with Gasteiger partial charge in [-0.15, -0.1) is 0 Å². The summed E-state index contributed by atoms with van der Waals surface area (Å²) in [6.45, 7) is 12.0. The third-order valence-electron chi connectivity index (χ3n) is 3.09. The standard InChI is InChI=1S/C4H9.3C2H5.Sn/c1-4(2)3;3*1-2;/h4H,1H2,2-3H3;3*1H2,2H3;. The molecule has 0 aliphatic carbocycles. The van der Waals surface area contributed by atoms with E-state index in [1.54, 1.807) is 17.7 Å². The molecule has 0 nitrogen and oxygen atoms in total. The van der Waals surface area contributed by atoms with Gasteiger partial charge in [0.05, 0.1) is 0 Å². The van der Waals surface area contributed by atoms with E-state index in [2.05, 4.69) is 34.6 Å². The Hall–Kier alpha value is 0.799. The molecule has 1 heteroatoms. The first kappa shape index (κ1) is 11.8. The normalized spacial score (nSPS) is 12.5. The van der Waals surface area contributed by atoms with Crippen molar-refractivity contribution in [2.45, 2.75) is 52.4 Å². The van der Waals surface area contributed by atoms with Gasteiger partial charge in [-0.05, 0) is 0 Å². The molecule has 0 aromatic carbocycles. The molecule has 0 saturated carbocycles. The maximum absolute atomic E-state index is 2.42. The van der Waals surface area contributed by atoms with Crippen LogP contribution in [0.4, 0.5) is 0 Å². The first-order valence-corrected chi connectivity index (χ1v) is 13.2. The number of hydrogen-bond acceptors (Lipinski definition) is 0. The fraction of sp³-hybridized carbons (Fsp3) is 1.00. The van der Waals surface area contributed by atoms with Gasteiger partial charge in [0.1, 0.15) is 0 Å². The van der Waals surface area contributed by atoms with Crippen molar-refractivity contribution in [3.8, 4) is 0 Å². The molecule has 11 heavy (non-hydrogen) atoms. The molecular formula is C10H24Sn. The van der Waals surface area contributed by atoms with Crippen LogP contribution in [0, 0.1) is 5.92 Å². The summed E-state index contributed by atoms with van der Waals surface area (Å²) in [5.74, 6) is 0.950. The Morgan fingerprint density at radius 2 is 1.27 bits per heavy atom. The molecule has 0 aromatic heterocycles. The Kier molecular flexibility index (Phi) is 5.84. The molecule has 0 radical (unpaired) electrons. The quantitative estimate of drug-likeness (QED) is 0.653. The topological polar surface area (TPSA) is 0 Å². The van der Waals surface area contributed by atoms with Gasteiger partial charge in [0, 0.05) is 0 Å². The molecule has 0 aliphatic heterocycles. The van der Waals surface area contributed by atoms with E-state index in [-0.39, 0.29) is 0 Å². The molecule has 0 heterocycles. The zero-order chi connectivity index (χ0) is 8.91. The minimum atomic E-state index is -1.51. The van der Waals surface area contributed by atoms with Crippen molar-refractivity contribution >= 4 is 18.4 Å². The second kappa shape index (κ2) is 5.45. The maximum atomic E-state index is 2.42. The van der Waals surface area contributed by atoms with E-state index in [1.807, 2.05) is 0 Å². The van der Waals surface area contributed by atoms with Gasteiger partial charge in [-0.1, -0.05) is 0 Å². The first-order chi connectivity index (χ1) is 5.10. The van der Waals surface area contributed by atoms with E-state index < -0.39 is 18.4 Å². The van der Waals surface area contributed by atoms with Gasteiger partial charge in [-0.2, -0.15) is 0 Å². The zero-order valence-corrected chi connectivity index (χ0v) is 11.8. The molecule has 0 unspecified atom stereocenters. The summed E-state index contributed by atoms with van der Waals surface area (Å²) in [4.78, 5) is 0. The average Bonchev–Trinajstić information content (AvgIpc) is 2.00. The fourth-order valence-electron chi connectivity index (χ4n) is 2.05. The van der Waals surface area contributed by atoms with Gasteiger partial charge in [0.2, 0.25) is 0 Å². The van der Waals surface area contributed by atoms with Crippen molar-refractivity contribution in [3.05, 3.63) is 0 Å².